The molecule has 0 aliphatic carbocycles. The van der Waals surface area contributed by atoms with Crippen molar-refractivity contribution in [2.75, 3.05) is 25.5 Å². The number of sulfonamides is 1. The van der Waals surface area contributed by atoms with Crippen LogP contribution in [-0.2, 0) is 23.0 Å². The third-order valence-electron chi connectivity index (χ3n) is 3.98. The molecule has 0 saturated carbocycles. The largest absolute Gasteiger partial charge is 0.446 e. The summed E-state index contributed by atoms with van der Waals surface area (Å²) in [7, 11) is -0.556. The highest BCUT2D eigenvalue weighted by Crippen LogP contribution is 2.31. The van der Waals surface area contributed by atoms with E-state index in [1.807, 2.05) is 18.2 Å². The van der Waals surface area contributed by atoms with Gasteiger partial charge in [-0.2, -0.15) is 0 Å². The minimum absolute atomic E-state index is 0.0224. The average molecular weight is 355 g/mol. The van der Waals surface area contributed by atoms with Crippen LogP contribution in [0.2, 0.25) is 5.02 Å². The number of hydrogen-bond acceptors (Lipinski definition) is 4. The van der Waals surface area contributed by atoms with Crippen LogP contribution in [0.3, 0.4) is 0 Å². The van der Waals surface area contributed by atoms with Crippen LogP contribution in [0.5, 0.6) is 0 Å². The van der Waals surface area contributed by atoms with E-state index in [1.165, 1.54) is 25.7 Å². The summed E-state index contributed by atoms with van der Waals surface area (Å²) < 4.78 is 30.9. The van der Waals surface area contributed by atoms with Gasteiger partial charge in [0.15, 0.2) is 0 Å². The average Bonchev–Trinajstić information content (AvgIpc) is 2.96. The maximum atomic E-state index is 12.1. The van der Waals surface area contributed by atoms with E-state index < -0.39 is 10.0 Å². The van der Waals surface area contributed by atoms with Gasteiger partial charge in [0.25, 0.3) is 10.0 Å². The zero-order chi connectivity index (χ0) is 16.6. The molecule has 1 aliphatic rings. The van der Waals surface area contributed by atoms with Crippen molar-refractivity contribution in [2.45, 2.75) is 24.5 Å². The highest BCUT2D eigenvalue weighted by Gasteiger charge is 2.23. The number of furan rings is 1. The Kier molecular flexibility index (Phi) is 4.40. The standard InChI is InChI=1S/C16H19ClN2O3S/c1-18(2)23(20,21)16-8-6-14(22-16)11-19-9-3-4-12-10-13(17)5-7-15(12)19/h5-8,10H,3-4,9,11H2,1-2H3. The van der Waals surface area contributed by atoms with Gasteiger partial charge >= 0.3 is 0 Å². The highest BCUT2D eigenvalue weighted by atomic mass is 35.5. The Morgan fingerprint density at radius 1 is 1.26 bits per heavy atom. The first-order valence-electron chi connectivity index (χ1n) is 7.42. The molecule has 124 valence electrons. The van der Waals surface area contributed by atoms with Crippen LogP contribution in [0.25, 0.3) is 0 Å². The van der Waals surface area contributed by atoms with Crippen LogP contribution in [-0.4, -0.2) is 33.4 Å². The minimum Gasteiger partial charge on any atom is -0.446 e. The van der Waals surface area contributed by atoms with Gasteiger partial charge in [-0.05, 0) is 48.7 Å². The molecule has 1 aromatic heterocycles. The molecular formula is C16H19ClN2O3S. The third kappa shape index (κ3) is 3.24. The topological polar surface area (TPSA) is 53.8 Å². The quantitative estimate of drug-likeness (QED) is 0.846. The summed E-state index contributed by atoms with van der Waals surface area (Å²) in [4.78, 5) is 2.19. The lowest BCUT2D eigenvalue weighted by molar-refractivity contribution is 0.395. The lowest BCUT2D eigenvalue weighted by atomic mass is 10.0. The Labute approximate surface area is 141 Å². The van der Waals surface area contributed by atoms with Crippen LogP contribution in [0, 0.1) is 0 Å². The van der Waals surface area contributed by atoms with Crippen molar-refractivity contribution in [1.29, 1.82) is 0 Å². The lowest BCUT2D eigenvalue weighted by Crippen LogP contribution is -2.28. The molecule has 0 N–H and O–H groups in total. The zero-order valence-corrected chi connectivity index (χ0v) is 14.7. The molecule has 1 aliphatic heterocycles. The summed E-state index contributed by atoms with van der Waals surface area (Å²) in [6, 6.07) is 9.12. The molecule has 23 heavy (non-hydrogen) atoms. The first-order chi connectivity index (χ1) is 10.9. The predicted octanol–water partition coefficient (Wildman–Crippen LogP) is 3.14. The van der Waals surface area contributed by atoms with E-state index in [0.717, 1.165) is 34.4 Å². The predicted molar refractivity (Wildman–Crippen MR) is 90.4 cm³/mol. The van der Waals surface area contributed by atoms with Crippen molar-refractivity contribution in [3.05, 3.63) is 46.7 Å². The Bertz CT molecular complexity index is 814. The Morgan fingerprint density at radius 3 is 2.78 bits per heavy atom. The Morgan fingerprint density at radius 2 is 2.04 bits per heavy atom. The number of nitrogens with zero attached hydrogens (tertiary/aromatic N) is 2. The van der Waals surface area contributed by atoms with E-state index in [2.05, 4.69) is 4.90 Å². The molecule has 1 aromatic carbocycles. The first kappa shape index (κ1) is 16.4. The lowest BCUT2D eigenvalue weighted by Gasteiger charge is -2.30. The number of halogens is 1. The van der Waals surface area contributed by atoms with Crippen molar-refractivity contribution in [1.82, 2.24) is 4.31 Å². The molecule has 0 bridgehead atoms. The van der Waals surface area contributed by atoms with E-state index in [9.17, 15) is 8.42 Å². The van der Waals surface area contributed by atoms with Crippen molar-refractivity contribution >= 4 is 27.3 Å². The van der Waals surface area contributed by atoms with Crippen molar-refractivity contribution in [3.63, 3.8) is 0 Å². The summed E-state index contributed by atoms with van der Waals surface area (Å²) in [6.07, 6.45) is 2.04. The Balaban J connectivity index is 1.84. The SMILES string of the molecule is CN(C)S(=O)(=O)c1ccc(CN2CCCc3cc(Cl)ccc32)o1. The summed E-state index contributed by atoms with van der Waals surface area (Å²) in [6.45, 7) is 1.45. The van der Waals surface area contributed by atoms with Crippen molar-refractivity contribution in [2.24, 2.45) is 0 Å². The maximum absolute atomic E-state index is 12.1. The molecular weight excluding hydrogens is 336 g/mol. The summed E-state index contributed by atoms with van der Waals surface area (Å²) in [5.41, 5.74) is 2.35. The molecule has 2 heterocycles. The number of benzene rings is 1. The fourth-order valence-corrected chi connectivity index (χ4v) is 3.76. The third-order valence-corrected chi connectivity index (χ3v) is 5.90. The highest BCUT2D eigenvalue weighted by molar-refractivity contribution is 7.88. The van der Waals surface area contributed by atoms with Gasteiger partial charge in [0.2, 0.25) is 5.09 Å². The minimum atomic E-state index is -3.53. The van der Waals surface area contributed by atoms with Crippen LogP contribution >= 0.6 is 11.6 Å². The number of anilines is 1. The molecule has 3 rings (SSSR count). The fourth-order valence-electron chi connectivity index (χ4n) is 2.76. The monoisotopic (exact) mass is 354 g/mol. The number of hydrogen-bond donors (Lipinski definition) is 0. The van der Waals surface area contributed by atoms with E-state index in [1.54, 1.807) is 6.07 Å². The molecule has 0 radical (unpaired) electrons. The van der Waals surface area contributed by atoms with Gasteiger partial charge in [0, 0.05) is 31.4 Å². The molecule has 0 fully saturated rings. The summed E-state index contributed by atoms with van der Waals surface area (Å²) in [5.74, 6) is 0.633. The van der Waals surface area contributed by atoms with Crippen LogP contribution in [0.4, 0.5) is 5.69 Å². The second-order valence-corrected chi connectivity index (χ2v) is 8.33. The van der Waals surface area contributed by atoms with Crippen molar-refractivity contribution < 1.29 is 12.8 Å². The second-order valence-electron chi connectivity index (χ2n) is 5.81. The van der Waals surface area contributed by atoms with E-state index in [-0.39, 0.29) is 5.09 Å². The number of rotatable bonds is 4. The van der Waals surface area contributed by atoms with Gasteiger partial charge in [0.05, 0.1) is 6.54 Å². The number of fused-ring (bicyclic) bond motifs is 1. The molecule has 5 nitrogen and oxygen atoms in total. The molecule has 0 saturated heterocycles. The van der Waals surface area contributed by atoms with Crippen LogP contribution in [0.15, 0.2) is 39.8 Å². The molecule has 0 spiro atoms. The summed E-state index contributed by atoms with van der Waals surface area (Å²) >= 11 is 6.06. The van der Waals surface area contributed by atoms with Gasteiger partial charge in [-0.25, -0.2) is 12.7 Å². The van der Waals surface area contributed by atoms with Crippen molar-refractivity contribution in [3.8, 4) is 0 Å². The van der Waals surface area contributed by atoms with E-state index in [0.29, 0.717) is 12.3 Å². The van der Waals surface area contributed by atoms with Gasteiger partial charge in [-0.3, -0.25) is 0 Å². The van der Waals surface area contributed by atoms with Gasteiger partial charge in [-0.1, -0.05) is 11.6 Å². The zero-order valence-electron chi connectivity index (χ0n) is 13.1. The summed E-state index contributed by atoms with van der Waals surface area (Å²) in [5, 5.41) is 0.716. The van der Waals surface area contributed by atoms with Crippen LogP contribution < -0.4 is 4.90 Å². The number of aryl methyl sites for hydroxylation is 1. The second kappa shape index (κ2) is 6.19. The molecule has 7 heteroatoms. The van der Waals surface area contributed by atoms with Gasteiger partial charge in [0.1, 0.15) is 5.76 Å². The molecule has 0 unspecified atom stereocenters. The smallest absolute Gasteiger partial charge is 0.275 e. The van der Waals surface area contributed by atoms with Gasteiger partial charge < -0.3 is 9.32 Å². The Hall–Kier alpha value is -1.50. The molecule has 0 atom stereocenters. The maximum Gasteiger partial charge on any atom is 0.275 e. The fraction of sp³-hybridized carbons (Fsp3) is 0.375. The molecule has 0 amide bonds. The van der Waals surface area contributed by atoms with E-state index in [4.69, 9.17) is 16.0 Å². The van der Waals surface area contributed by atoms with Gasteiger partial charge in [-0.15, -0.1) is 0 Å². The molecule has 2 aromatic rings. The normalized spacial score (nSPS) is 15.0. The first-order valence-corrected chi connectivity index (χ1v) is 9.24. The van der Waals surface area contributed by atoms with Crippen LogP contribution in [0.1, 0.15) is 17.7 Å². The van der Waals surface area contributed by atoms with E-state index >= 15 is 0 Å².